The average molecular weight is 376 g/mol. The van der Waals surface area contributed by atoms with Gasteiger partial charge in [0.25, 0.3) is 0 Å². The van der Waals surface area contributed by atoms with Gasteiger partial charge in [-0.1, -0.05) is 36.4 Å². The van der Waals surface area contributed by atoms with E-state index in [1.165, 1.54) is 4.57 Å². The zero-order valence-corrected chi connectivity index (χ0v) is 15.4. The number of nitrogens with one attached hydrogen (secondary N) is 1. The molecule has 0 fully saturated rings. The second-order valence-corrected chi connectivity index (χ2v) is 6.62. The molecular weight excluding hydrogens is 356 g/mol. The van der Waals surface area contributed by atoms with Crippen molar-refractivity contribution in [3.05, 3.63) is 88.7 Å². The van der Waals surface area contributed by atoms with Crippen molar-refractivity contribution in [2.45, 2.75) is 26.1 Å². The summed E-state index contributed by atoms with van der Waals surface area (Å²) in [5.41, 5.74) is 3.19. The average Bonchev–Trinajstić information content (AvgIpc) is 3.33. The molecule has 0 aliphatic rings. The number of rotatable bonds is 6. The predicted molar refractivity (Wildman–Crippen MR) is 105 cm³/mol. The van der Waals surface area contributed by atoms with Gasteiger partial charge in [0.05, 0.1) is 12.1 Å². The Kier molecular flexibility index (Phi) is 4.80. The number of aromatic nitrogens is 3. The Bertz CT molecular complexity index is 1140. The summed E-state index contributed by atoms with van der Waals surface area (Å²) in [6.07, 6.45) is 3.66. The molecule has 0 spiro atoms. The van der Waals surface area contributed by atoms with E-state index in [1.54, 1.807) is 31.3 Å². The minimum Gasteiger partial charge on any atom is -0.408 e. The highest BCUT2D eigenvalue weighted by Gasteiger charge is 2.20. The van der Waals surface area contributed by atoms with Crippen LogP contribution in [0.3, 0.4) is 0 Å². The van der Waals surface area contributed by atoms with Crippen molar-refractivity contribution in [2.24, 2.45) is 0 Å². The van der Waals surface area contributed by atoms with Gasteiger partial charge in [-0.15, -0.1) is 0 Å². The van der Waals surface area contributed by atoms with Crippen LogP contribution in [0, 0.1) is 0 Å². The van der Waals surface area contributed by atoms with Crippen molar-refractivity contribution in [2.75, 3.05) is 0 Å². The largest absolute Gasteiger partial charge is 0.420 e. The van der Waals surface area contributed by atoms with Gasteiger partial charge in [0, 0.05) is 18.9 Å². The van der Waals surface area contributed by atoms with Gasteiger partial charge in [-0.05, 0) is 36.2 Å². The summed E-state index contributed by atoms with van der Waals surface area (Å²) in [6.45, 7) is 2.77. The van der Waals surface area contributed by atoms with Crippen LogP contribution in [-0.4, -0.2) is 20.3 Å². The van der Waals surface area contributed by atoms with E-state index in [0.717, 1.165) is 11.1 Å². The van der Waals surface area contributed by atoms with Gasteiger partial charge in [-0.2, -0.15) is 5.10 Å². The SMILES string of the molecule is C[C@@H](C(=O)NCc1ccc(Cn2cccn2)cc1)n1c(=O)oc2ccccc21. The molecule has 2 aromatic carbocycles. The maximum atomic E-state index is 12.6. The first-order valence-corrected chi connectivity index (χ1v) is 9.05. The molecule has 0 radical (unpaired) electrons. The monoisotopic (exact) mass is 376 g/mol. The topological polar surface area (TPSA) is 82.1 Å². The smallest absolute Gasteiger partial charge is 0.408 e. The molecule has 0 saturated heterocycles. The van der Waals surface area contributed by atoms with Crippen LogP contribution in [0.5, 0.6) is 0 Å². The third kappa shape index (κ3) is 3.59. The summed E-state index contributed by atoms with van der Waals surface area (Å²) in [7, 11) is 0. The molecule has 142 valence electrons. The highest BCUT2D eigenvalue weighted by Crippen LogP contribution is 2.16. The molecule has 0 aliphatic heterocycles. The van der Waals surface area contributed by atoms with Crippen LogP contribution in [0.4, 0.5) is 0 Å². The van der Waals surface area contributed by atoms with Crippen molar-refractivity contribution in [3.63, 3.8) is 0 Å². The summed E-state index contributed by atoms with van der Waals surface area (Å²) in [6, 6.07) is 16.3. The van der Waals surface area contributed by atoms with Gasteiger partial charge in [-0.3, -0.25) is 14.0 Å². The second kappa shape index (κ2) is 7.56. The van der Waals surface area contributed by atoms with E-state index in [2.05, 4.69) is 10.4 Å². The fourth-order valence-corrected chi connectivity index (χ4v) is 3.15. The van der Waals surface area contributed by atoms with Gasteiger partial charge in [0.1, 0.15) is 6.04 Å². The molecule has 1 amide bonds. The Morgan fingerprint density at radius 2 is 1.86 bits per heavy atom. The molecule has 0 aliphatic carbocycles. The fraction of sp³-hybridized carbons (Fsp3) is 0.190. The van der Waals surface area contributed by atoms with Crippen LogP contribution >= 0.6 is 0 Å². The summed E-state index contributed by atoms with van der Waals surface area (Å²) in [4.78, 5) is 24.7. The molecule has 1 atom stereocenters. The number of carbonyl (C=O) groups excluding carboxylic acids is 1. The number of hydrogen-bond donors (Lipinski definition) is 1. The Balaban J connectivity index is 1.41. The standard InChI is InChI=1S/C21H20N4O3/c1-15(25-18-5-2-3-6-19(18)28-21(25)27)20(26)22-13-16-7-9-17(10-8-16)14-24-12-4-11-23-24/h2-12,15H,13-14H2,1H3,(H,22,26)/t15-/m0/s1. The van der Waals surface area contributed by atoms with E-state index in [4.69, 9.17) is 4.42 Å². The number of oxazole rings is 1. The summed E-state index contributed by atoms with van der Waals surface area (Å²) in [5.74, 6) is -0.777. The van der Waals surface area contributed by atoms with Crippen LogP contribution in [0.25, 0.3) is 11.1 Å². The first kappa shape index (κ1) is 17.8. The second-order valence-electron chi connectivity index (χ2n) is 6.62. The highest BCUT2D eigenvalue weighted by atomic mass is 16.4. The number of nitrogens with zero attached hydrogens (tertiary/aromatic N) is 3. The minimum atomic E-state index is -0.671. The molecule has 2 heterocycles. The number of para-hydroxylation sites is 2. The summed E-state index contributed by atoms with van der Waals surface area (Å²) in [5, 5.41) is 7.08. The Morgan fingerprint density at radius 3 is 2.61 bits per heavy atom. The Labute approximate surface area is 161 Å². The highest BCUT2D eigenvalue weighted by molar-refractivity contribution is 5.82. The predicted octanol–water partition coefficient (Wildman–Crippen LogP) is 2.72. The zero-order chi connectivity index (χ0) is 19.5. The van der Waals surface area contributed by atoms with E-state index < -0.39 is 11.8 Å². The van der Waals surface area contributed by atoms with Gasteiger partial charge in [0.2, 0.25) is 5.91 Å². The Morgan fingerprint density at radius 1 is 1.11 bits per heavy atom. The normalized spacial score (nSPS) is 12.2. The molecule has 0 unspecified atom stereocenters. The van der Waals surface area contributed by atoms with Crippen molar-refractivity contribution >= 4 is 17.0 Å². The van der Waals surface area contributed by atoms with Gasteiger partial charge >= 0.3 is 5.76 Å². The molecule has 7 nitrogen and oxygen atoms in total. The van der Waals surface area contributed by atoms with Crippen molar-refractivity contribution < 1.29 is 9.21 Å². The lowest BCUT2D eigenvalue weighted by molar-refractivity contribution is -0.124. The van der Waals surface area contributed by atoms with E-state index in [1.807, 2.05) is 47.3 Å². The molecule has 0 bridgehead atoms. The maximum absolute atomic E-state index is 12.6. The molecule has 0 saturated carbocycles. The lowest BCUT2D eigenvalue weighted by Gasteiger charge is -2.13. The van der Waals surface area contributed by atoms with E-state index in [0.29, 0.717) is 24.2 Å². The lowest BCUT2D eigenvalue weighted by Crippen LogP contribution is -2.34. The summed E-state index contributed by atoms with van der Waals surface area (Å²) < 4.78 is 8.44. The lowest BCUT2D eigenvalue weighted by atomic mass is 10.1. The maximum Gasteiger partial charge on any atom is 0.420 e. The zero-order valence-electron chi connectivity index (χ0n) is 15.4. The first-order chi connectivity index (χ1) is 13.6. The van der Waals surface area contributed by atoms with Gasteiger partial charge in [0.15, 0.2) is 5.58 Å². The van der Waals surface area contributed by atoms with Crippen molar-refractivity contribution in [1.29, 1.82) is 0 Å². The van der Waals surface area contributed by atoms with Crippen LogP contribution in [0.1, 0.15) is 24.1 Å². The molecule has 4 aromatic rings. The van der Waals surface area contributed by atoms with Crippen LogP contribution in [-0.2, 0) is 17.9 Å². The quantitative estimate of drug-likeness (QED) is 0.561. The van der Waals surface area contributed by atoms with Crippen LogP contribution < -0.4 is 11.1 Å². The number of fused-ring (bicyclic) bond motifs is 1. The molecule has 4 rings (SSSR count). The van der Waals surface area contributed by atoms with Crippen LogP contribution in [0.2, 0.25) is 0 Å². The van der Waals surface area contributed by atoms with Crippen molar-refractivity contribution in [3.8, 4) is 0 Å². The number of amides is 1. The minimum absolute atomic E-state index is 0.241. The van der Waals surface area contributed by atoms with Crippen LogP contribution in [0.15, 0.2) is 76.2 Å². The molecule has 1 N–H and O–H groups in total. The molecule has 28 heavy (non-hydrogen) atoms. The number of hydrogen-bond acceptors (Lipinski definition) is 4. The van der Waals surface area contributed by atoms with Gasteiger partial charge < -0.3 is 9.73 Å². The Hall–Kier alpha value is -3.61. The van der Waals surface area contributed by atoms with E-state index >= 15 is 0 Å². The van der Waals surface area contributed by atoms with E-state index in [-0.39, 0.29) is 5.91 Å². The third-order valence-electron chi connectivity index (χ3n) is 4.68. The molecule has 2 aromatic heterocycles. The molecule has 7 heteroatoms. The van der Waals surface area contributed by atoms with Gasteiger partial charge in [-0.25, -0.2) is 4.79 Å². The number of benzene rings is 2. The molecular formula is C21H20N4O3. The number of carbonyl (C=O) groups is 1. The fourth-order valence-electron chi connectivity index (χ4n) is 3.15. The summed E-state index contributed by atoms with van der Waals surface area (Å²) >= 11 is 0. The first-order valence-electron chi connectivity index (χ1n) is 9.05. The third-order valence-corrected chi connectivity index (χ3v) is 4.68. The van der Waals surface area contributed by atoms with E-state index in [9.17, 15) is 9.59 Å². The van der Waals surface area contributed by atoms with Crippen molar-refractivity contribution in [1.82, 2.24) is 19.7 Å².